The van der Waals surface area contributed by atoms with Gasteiger partial charge in [0.25, 0.3) is 0 Å². The fourth-order valence-corrected chi connectivity index (χ4v) is 2.81. The summed E-state index contributed by atoms with van der Waals surface area (Å²) in [5, 5.41) is 4.42. The highest BCUT2D eigenvalue weighted by Gasteiger charge is 2.18. The summed E-state index contributed by atoms with van der Waals surface area (Å²) in [6.07, 6.45) is 7.27. The van der Waals surface area contributed by atoms with Gasteiger partial charge in [0, 0.05) is 0 Å². The molecule has 0 saturated carbocycles. The number of rotatable bonds is 4. The quantitative estimate of drug-likeness (QED) is 0.652. The Hall–Kier alpha value is -2.35. The molecule has 2 nitrogen and oxygen atoms in total. The van der Waals surface area contributed by atoms with E-state index < -0.39 is 0 Å². The molecule has 0 saturated heterocycles. The third-order valence-electron chi connectivity index (χ3n) is 3.99. The number of hydrogen-bond donors (Lipinski definition) is 1. The molecule has 1 N–H and O–H groups in total. The lowest BCUT2D eigenvalue weighted by Crippen LogP contribution is -2.21. The van der Waals surface area contributed by atoms with Crippen LogP contribution < -0.4 is 5.43 Å². The van der Waals surface area contributed by atoms with Gasteiger partial charge < -0.3 is 5.43 Å². The predicted octanol–water partition coefficient (Wildman–Crippen LogP) is 4.33. The lowest BCUT2D eigenvalue weighted by Gasteiger charge is -2.24. The molecule has 1 aliphatic rings. The summed E-state index contributed by atoms with van der Waals surface area (Å²) < 4.78 is 0. The Labute approximate surface area is 126 Å². The highest BCUT2D eigenvalue weighted by atomic mass is 15.3. The second kappa shape index (κ2) is 6.40. The summed E-state index contributed by atoms with van der Waals surface area (Å²) >= 11 is 0. The fourth-order valence-electron chi connectivity index (χ4n) is 2.81. The van der Waals surface area contributed by atoms with E-state index in [1.54, 1.807) is 0 Å². The van der Waals surface area contributed by atoms with Gasteiger partial charge in [0.05, 0.1) is 12.3 Å². The number of hydrogen-bond acceptors (Lipinski definition) is 2. The summed E-state index contributed by atoms with van der Waals surface area (Å²) in [7, 11) is 0. The number of benzene rings is 2. The molecule has 1 unspecified atom stereocenters. The first kappa shape index (κ1) is 13.6. The van der Waals surface area contributed by atoms with E-state index in [1.165, 1.54) is 24.0 Å². The first-order chi connectivity index (χ1) is 10.4. The third-order valence-corrected chi connectivity index (χ3v) is 3.99. The van der Waals surface area contributed by atoms with Crippen molar-refractivity contribution < 1.29 is 0 Å². The van der Waals surface area contributed by atoms with Crippen molar-refractivity contribution in [1.29, 1.82) is 0 Å². The molecule has 0 amide bonds. The van der Waals surface area contributed by atoms with Gasteiger partial charge in [-0.2, -0.15) is 5.10 Å². The van der Waals surface area contributed by atoms with Crippen molar-refractivity contribution in [2.45, 2.75) is 25.3 Å². The number of nitrogens with one attached hydrogen (secondary N) is 1. The monoisotopic (exact) mass is 276 g/mol. The Morgan fingerprint density at radius 1 is 1.05 bits per heavy atom. The van der Waals surface area contributed by atoms with Crippen LogP contribution in [-0.4, -0.2) is 6.21 Å². The van der Waals surface area contributed by atoms with E-state index in [-0.39, 0.29) is 0 Å². The van der Waals surface area contributed by atoms with Gasteiger partial charge in [-0.15, -0.1) is 0 Å². The molecule has 1 atom stereocenters. The summed E-state index contributed by atoms with van der Waals surface area (Å²) in [5.41, 5.74) is 8.37. The molecule has 0 aliphatic heterocycles. The zero-order chi connectivity index (χ0) is 14.5. The zero-order valence-corrected chi connectivity index (χ0v) is 12.1. The van der Waals surface area contributed by atoms with Gasteiger partial charge in [-0.3, -0.25) is 0 Å². The van der Waals surface area contributed by atoms with Crippen molar-refractivity contribution in [3.8, 4) is 0 Å². The van der Waals surface area contributed by atoms with Crippen molar-refractivity contribution in [2.24, 2.45) is 5.10 Å². The van der Waals surface area contributed by atoms with Gasteiger partial charge in [0.1, 0.15) is 0 Å². The molecule has 2 aromatic rings. The van der Waals surface area contributed by atoms with Gasteiger partial charge in [-0.05, 0) is 41.5 Å². The first-order valence-corrected chi connectivity index (χ1v) is 7.46. The van der Waals surface area contributed by atoms with E-state index in [2.05, 4.69) is 53.5 Å². The van der Waals surface area contributed by atoms with Crippen LogP contribution in [0.3, 0.4) is 0 Å². The van der Waals surface area contributed by atoms with E-state index in [0.717, 1.165) is 17.5 Å². The highest BCUT2D eigenvalue weighted by molar-refractivity contribution is 5.79. The van der Waals surface area contributed by atoms with Crippen LogP contribution in [0.4, 0.5) is 0 Å². The molecule has 0 radical (unpaired) electrons. The first-order valence-electron chi connectivity index (χ1n) is 7.46. The van der Waals surface area contributed by atoms with E-state index in [0.29, 0.717) is 6.04 Å². The maximum atomic E-state index is 4.42. The van der Waals surface area contributed by atoms with Crippen LogP contribution in [0, 0.1) is 0 Å². The number of hydrazone groups is 1. The van der Waals surface area contributed by atoms with Gasteiger partial charge in [0.2, 0.25) is 0 Å². The normalized spacial score (nSPS) is 17.4. The van der Waals surface area contributed by atoms with Crippen molar-refractivity contribution >= 4 is 12.3 Å². The minimum absolute atomic E-state index is 0.332. The Bertz CT molecular complexity index is 641. The van der Waals surface area contributed by atoms with Crippen LogP contribution in [0.2, 0.25) is 0 Å². The second-order valence-electron chi connectivity index (χ2n) is 5.40. The number of fused-ring (bicyclic) bond motifs is 1. The standard InChI is InChI=1S/C19H20N2/c1-2-15-10-12-16(13-11-15)14-20-21-19-9-5-7-17-6-3-4-8-18(17)19/h2-4,6,8,10-14,19,21H,1,5,7,9H2. The molecule has 21 heavy (non-hydrogen) atoms. The largest absolute Gasteiger partial charge is 0.303 e. The Morgan fingerprint density at radius 3 is 2.62 bits per heavy atom. The fraction of sp³-hybridized carbons (Fsp3) is 0.211. The molecule has 106 valence electrons. The number of nitrogens with zero attached hydrogens (tertiary/aromatic N) is 1. The van der Waals surface area contributed by atoms with Crippen LogP contribution >= 0.6 is 0 Å². The van der Waals surface area contributed by atoms with Crippen LogP contribution in [0.25, 0.3) is 6.08 Å². The van der Waals surface area contributed by atoms with Crippen molar-refractivity contribution in [1.82, 2.24) is 5.43 Å². The molecule has 3 rings (SSSR count). The molecule has 1 aliphatic carbocycles. The summed E-state index contributed by atoms with van der Waals surface area (Å²) in [6.45, 7) is 3.76. The molecule has 2 aromatic carbocycles. The molecule has 0 fully saturated rings. The Morgan fingerprint density at radius 2 is 1.81 bits per heavy atom. The molecular weight excluding hydrogens is 256 g/mol. The summed E-state index contributed by atoms with van der Waals surface area (Å²) in [6, 6.07) is 17.2. The average molecular weight is 276 g/mol. The maximum Gasteiger partial charge on any atom is 0.0692 e. The van der Waals surface area contributed by atoms with Crippen LogP contribution in [0.5, 0.6) is 0 Å². The van der Waals surface area contributed by atoms with Gasteiger partial charge in [0.15, 0.2) is 0 Å². The maximum absolute atomic E-state index is 4.42. The van der Waals surface area contributed by atoms with Gasteiger partial charge >= 0.3 is 0 Å². The van der Waals surface area contributed by atoms with Crippen LogP contribution in [0.1, 0.15) is 41.1 Å². The Kier molecular flexibility index (Phi) is 4.15. The Balaban J connectivity index is 1.67. The van der Waals surface area contributed by atoms with Crippen LogP contribution in [-0.2, 0) is 6.42 Å². The third kappa shape index (κ3) is 3.22. The van der Waals surface area contributed by atoms with Crippen molar-refractivity contribution in [2.75, 3.05) is 0 Å². The molecule has 0 heterocycles. The van der Waals surface area contributed by atoms with Crippen molar-refractivity contribution in [3.05, 3.63) is 77.4 Å². The molecular formula is C19H20N2. The van der Waals surface area contributed by atoms with E-state index in [4.69, 9.17) is 0 Å². The smallest absolute Gasteiger partial charge is 0.0692 e. The molecule has 0 aromatic heterocycles. The zero-order valence-electron chi connectivity index (χ0n) is 12.1. The van der Waals surface area contributed by atoms with Crippen molar-refractivity contribution in [3.63, 3.8) is 0 Å². The van der Waals surface area contributed by atoms with Gasteiger partial charge in [-0.25, -0.2) is 0 Å². The predicted molar refractivity (Wildman–Crippen MR) is 89.4 cm³/mol. The SMILES string of the molecule is C=Cc1ccc(C=NNC2CCCc3ccccc32)cc1. The molecule has 0 bridgehead atoms. The number of aryl methyl sites for hydroxylation is 1. The highest BCUT2D eigenvalue weighted by Crippen LogP contribution is 2.29. The second-order valence-corrected chi connectivity index (χ2v) is 5.40. The minimum Gasteiger partial charge on any atom is -0.303 e. The summed E-state index contributed by atoms with van der Waals surface area (Å²) in [5.74, 6) is 0. The van der Waals surface area contributed by atoms with Gasteiger partial charge in [-0.1, -0.05) is 61.2 Å². The van der Waals surface area contributed by atoms with E-state index >= 15 is 0 Å². The van der Waals surface area contributed by atoms with E-state index in [9.17, 15) is 0 Å². The molecule has 0 spiro atoms. The minimum atomic E-state index is 0.332. The molecule has 2 heteroatoms. The lowest BCUT2D eigenvalue weighted by atomic mass is 9.88. The van der Waals surface area contributed by atoms with Crippen LogP contribution in [0.15, 0.2) is 60.2 Å². The summed E-state index contributed by atoms with van der Waals surface area (Å²) in [4.78, 5) is 0. The lowest BCUT2D eigenvalue weighted by molar-refractivity contribution is 0.475. The van der Waals surface area contributed by atoms with E-state index in [1.807, 2.05) is 24.4 Å². The topological polar surface area (TPSA) is 24.4 Å². The average Bonchev–Trinajstić information content (AvgIpc) is 2.56.